The Morgan fingerprint density at radius 3 is 1.52 bits per heavy atom. The lowest BCUT2D eigenvalue weighted by molar-refractivity contribution is -0.0556. The fourth-order valence-corrected chi connectivity index (χ4v) is 4.89. The zero-order chi connectivity index (χ0) is 19.1. The molecule has 0 aromatic carbocycles. The molecule has 0 bridgehead atoms. The second kappa shape index (κ2) is 6.64. The van der Waals surface area contributed by atoms with Crippen LogP contribution in [0.25, 0.3) is 0 Å². The van der Waals surface area contributed by atoms with E-state index in [0.717, 1.165) is 5.96 Å². The van der Waals surface area contributed by atoms with Gasteiger partial charge in [-0.25, -0.2) is 5.01 Å². The molecule has 2 saturated heterocycles. The first-order valence-corrected chi connectivity index (χ1v) is 9.96. The van der Waals surface area contributed by atoms with Crippen molar-refractivity contribution in [2.24, 2.45) is 5.10 Å². The first-order chi connectivity index (χ1) is 11.3. The molecule has 25 heavy (non-hydrogen) atoms. The molecule has 5 heteroatoms. The van der Waals surface area contributed by atoms with Gasteiger partial charge < -0.3 is 5.32 Å². The lowest BCUT2D eigenvalue weighted by Crippen LogP contribution is -2.67. The van der Waals surface area contributed by atoms with E-state index in [1.807, 2.05) is 7.05 Å². The average Bonchev–Trinajstić information content (AvgIpc) is 2.43. The number of guanidine groups is 1. The van der Waals surface area contributed by atoms with E-state index in [2.05, 4.69) is 76.2 Å². The molecule has 0 saturated carbocycles. The van der Waals surface area contributed by atoms with E-state index < -0.39 is 0 Å². The van der Waals surface area contributed by atoms with Crippen LogP contribution >= 0.6 is 0 Å². The van der Waals surface area contributed by atoms with E-state index in [9.17, 15) is 0 Å². The summed E-state index contributed by atoms with van der Waals surface area (Å²) >= 11 is 0. The minimum absolute atomic E-state index is 0.0679. The van der Waals surface area contributed by atoms with Gasteiger partial charge in [0, 0.05) is 18.1 Å². The van der Waals surface area contributed by atoms with E-state index in [1.54, 1.807) is 0 Å². The maximum Gasteiger partial charge on any atom is 0.228 e. The van der Waals surface area contributed by atoms with Crippen LogP contribution in [0, 0.1) is 0 Å². The topological polar surface area (TPSA) is 42.9 Å². The molecule has 0 spiro atoms. The van der Waals surface area contributed by atoms with Crippen molar-refractivity contribution in [1.29, 1.82) is 0 Å². The fourth-order valence-electron chi connectivity index (χ4n) is 4.89. The van der Waals surface area contributed by atoms with Crippen LogP contribution in [0.4, 0.5) is 0 Å². The molecule has 0 radical (unpaired) electrons. The molecule has 2 rings (SSSR count). The van der Waals surface area contributed by atoms with Crippen LogP contribution in [0.3, 0.4) is 0 Å². The number of hydrogen-bond donors (Lipinski definition) is 2. The van der Waals surface area contributed by atoms with Crippen molar-refractivity contribution in [3.63, 3.8) is 0 Å². The third-order valence-corrected chi connectivity index (χ3v) is 6.17. The highest BCUT2D eigenvalue weighted by Gasteiger charge is 2.43. The third-order valence-electron chi connectivity index (χ3n) is 6.17. The zero-order valence-corrected chi connectivity index (χ0v) is 18.1. The summed E-state index contributed by atoms with van der Waals surface area (Å²) in [5, 5.41) is 13.1. The predicted octanol–water partition coefficient (Wildman–Crippen LogP) is 4.07. The van der Waals surface area contributed by atoms with Crippen molar-refractivity contribution in [3.05, 3.63) is 0 Å². The summed E-state index contributed by atoms with van der Waals surface area (Å²) in [7, 11) is 1.96. The Hall–Kier alpha value is -0.970. The summed E-state index contributed by atoms with van der Waals surface area (Å²) in [5.74, 6) is 0.839. The lowest BCUT2D eigenvalue weighted by Gasteiger charge is -2.53. The molecule has 2 N–H and O–H groups in total. The molecular weight excluding hydrogens is 310 g/mol. The standard InChI is InChI=1S/C20H41N5/c1-17(2)12-10-13-18(3,4)24(17)22-16(21-9)23-25-19(5,6)14-11-15-20(25,7)8/h10-15H2,1-9H3,(H2,21,22,23). The van der Waals surface area contributed by atoms with Crippen molar-refractivity contribution in [2.75, 3.05) is 7.05 Å². The molecule has 0 amide bonds. The van der Waals surface area contributed by atoms with E-state index in [4.69, 9.17) is 5.10 Å². The second-order valence-electron chi connectivity index (χ2n) is 10.4. The summed E-state index contributed by atoms with van der Waals surface area (Å²) in [6.45, 7) is 18.5. The molecule has 2 aliphatic heterocycles. The number of hydrazone groups is 1. The normalized spacial score (nSPS) is 28.5. The van der Waals surface area contributed by atoms with Crippen molar-refractivity contribution in [2.45, 2.75) is 116 Å². The molecule has 2 fully saturated rings. The Morgan fingerprint density at radius 1 is 0.720 bits per heavy atom. The average molecular weight is 352 g/mol. The van der Waals surface area contributed by atoms with Crippen LogP contribution in [0.1, 0.15) is 93.9 Å². The number of rotatable bonds is 2. The predicted molar refractivity (Wildman–Crippen MR) is 107 cm³/mol. The quantitative estimate of drug-likeness (QED) is 0.581. The molecule has 0 aromatic rings. The van der Waals surface area contributed by atoms with Crippen molar-refractivity contribution >= 4 is 5.96 Å². The Morgan fingerprint density at radius 2 is 1.12 bits per heavy atom. The Balaban J connectivity index is 2.30. The van der Waals surface area contributed by atoms with Gasteiger partial charge in [-0.05, 0) is 93.9 Å². The molecule has 0 aliphatic carbocycles. The maximum atomic E-state index is 5.07. The molecule has 5 nitrogen and oxygen atoms in total. The maximum absolute atomic E-state index is 5.07. The van der Waals surface area contributed by atoms with E-state index >= 15 is 0 Å². The van der Waals surface area contributed by atoms with Gasteiger partial charge in [0.25, 0.3) is 0 Å². The van der Waals surface area contributed by atoms with Gasteiger partial charge in [-0.2, -0.15) is 0 Å². The van der Waals surface area contributed by atoms with Gasteiger partial charge in [-0.15, -0.1) is 5.10 Å². The highest BCUT2D eigenvalue weighted by molar-refractivity contribution is 5.79. The number of nitrogens with zero attached hydrogens (tertiary/aromatic N) is 3. The largest absolute Gasteiger partial charge is 0.357 e. The van der Waals surface area contributed by atoms with Crippen molar-refractivity contribution in [1.82, 2.24) is 20.8 Å². The summed E-state index contributed by atoms with van der Waals surface area (Å²) in [5.41, 5.74) is 3.98. The molecule has 146 valence electrons. The smallest absolute Gasteiger partial charge is 0.228 e. The van der Waals surface area contributed by atoms with Crippen LogP contribution < -0.4 is 10.7 Å². The molecule has 0 unspecified atom stereocenters. The van der Waals surface area contributed by atoms with Gasteiger partial charge in [0.05, 0.1) is 11.1 Å². The highest BCUT2D eigenvalue weighted by Crippen LogP contribution is 2.39. The van der Waals surface area contributed by atoms with Crippen LogP contribution in [-0.2, 0) is 0 Å². The first kappa shape index (κ1) is 20.3. The number of nitrogens with one attached hydrogen (secondary N) is 2. The molecule has 0 aromatic heterocycles. The third kappa shape index (κ3) is 4.24. The second-order valence-corrected chi connectivity index (χ2v) is 10.4. The van der Waals surface area contributed by atoms with E-state index in [-0.39, 0.29) is 22.2 Å². The van der Waals surface area contributed by atoms with Gasteiger partial charge in [0.15, 0.2) is 0 Å². The SMILES string of the molecule is CNC(=NN1C(C)(C)CCCC1(C)C)NN1C(C)(C)CCCC1(C)C. The minimum atomic E-state index is 0.0679. The summed E-state index contributed by atoms with van der Waals surface area (Å²) < 4.78 is 0. The Kier molecular flexibility index (Phi) is 5.40. The molecule has 2 aliphatic rings. The summed E-state index contributed by atoms with van der Waals surface area (Å²) in [4.78, 5) is 0. The van der Waals surface area contributed by atoms with Gasteiger partial charge in [0.2, 0.25) is 5.96 Å². The van der Waals surface area contributed by atoms with Crippen LogP contribution in [0.15, 0.2) is 5.10 Å². The number of hydrazine groups is 1. The molecule has 0 atom stereocenters. The number of piperidine rings is 2. The monoisotopic (exact) mass is 351 g/mol. The van der Waals surface area contributed by atoms with Gasteiger partial charge >= 0.3 is 0 Å². The van der Waals surface area contributed by atoms with Crippen LogP contribution in [0.2, 0.25) is 0 Å². The van der Waals surface area contributed by atoms with E-state index in [0.29, 0.717) is 0 Å². The zero-order valence-electron chi connectivity index (χ0n) is 18.1. The van der Waals surface area contributed by atoms with Crippen molar-refractivity contribution < 1.29 is 0 Å². The van der Waals surface area contributed by atoms with Gasteiger partial charge in [-0.1, -0.05) is 0 Å². The van der Waals surface area contributed by atoms with Crippen molar-refractivity contribution in [3.8, 4) is 0 Å². The number of hydrogen-bond acceptors (Lipinski definition) is 3. The molecule has 2 heterocycles. The van der Waals surface area contributed by atoms with Crippen LogP contribution in [-0.4, -0.2) is 45.2 Å². The Bertz CT molecular complexity index is 472. The Labute approximate surface area is 155 Å². The first-order valence-electron chi connectivity index (χ1n) is 9.96. The highest BCUT2D eigenvalue weighted by atomic mass is 15.6. The van der Waals surface area contributed by atoms with Crippen LogP contribution in [0.5, 0.6) is 0 Å². The van der Waals surface area contributed by atoms with Gasteiger partial charge in [0.1, 0.15) is 0 Å². The summed E-state index contributed by atoms with van der Waals surface area (Å²) in [6.07, 6.45) is 7.29. The fraction of sp³-hybridized carbons (Fsp3) is 0.950. The van der Waals surface area contributed by atoms with Gasteiger partial charge in [-0.3, -0.25) is 10.4 Å². The lowest BCUT2D eigenvalue weighted by atomic mass is 9.81. The molecular formula is C20H41N5. The summed E-state index contributed by atoms with van der Waals surface area (Å²) in [6, 6.07) is 0. The van der Waals surface area contributed by atoms with E-state index in [1.165, 1.54) is 38.5 Å². The minimum Gasteiger partial charge on any atom is -0.357 e.